The maximum absolute atomic E-state index is 12.8. The Morgan fingerprint density at radius 2 is 2.50 bits per heavy atom. The number of carbonyl (C=O) groups excluding carboxylic acids is 1. The molecule has 0 aromatic carbocycles. The van der Waals surface area contributed by atoms with Gasteiger partial charge in [-0.1, -0.05) is 0 Å². The van der Waals surface area contributed by atoms with Gasteiger partial charge in [-0.25, -0.2) is 4.39 Å². The minimum absolute atomic E-state index is 0. The minimum Gasteiger partial charge on any atom is -0.308 e. The van der Waals surface area contributed by atoms with Crippen molar-refractivity contribution >= 4 is 24.1 Å². The van der Waals surface area contributed by atoms with Crippen LogP contribution in [0.4, 0.5) is 10.2 Å². The number of aromatic nitrogens is 2. The number of nitrogens with one attached hydrogen (secondary N) is 2. The van der Waals surface area contributed by atoms with E-state index < -0.39 is 12.2 Å². The van der Waals surface area contributed by atoms with Crippen molar-refractivity contribution in [3.05, 3.63) is 12.3 Å². The normalized spacial score (nSPS) is 23.9. The van der Waals surface area contributed by atoms with Crippen molar-refractivity contribution in [2.75, 3.05) is 11.9 Å². The molecule has 1 saturated heterocycles. The molecule has 1 aliphatic heterocycles. The Balaban J connectivity index is 0.00000128. The first-order valence-corrected chi connectivity index (χ1v) is 4.83. The SMILES string of the molecule is Cl.Cn1ccc(NC(=O)[C@H]2C[C@H](F)CN2)n1. The van der Waals surface area contributed by atoms with Gasteiger partial charge in [0.2, 0.25) is 5.91 Å². The Morgan fingerprint density at radius 1 is 1.75 bits per heavy atom. The molecule has 2 heterocycles. The lowest BCUT2D eigenvalue weighted by Gasteiger charge is -2.08. The number of carbonyl (C=O) groups is 1. The largest absolute Gasteiger partial charge is 0.308 e. The molecule has 1 aliphatic rings. The molecule has 5 nitrogen and oxygen atoms in total. The minimum atomic E-state index is -0.926. The summed E-state index contributed by atoms with van der Waals surface area (Å²) in [6.07, 6.45) is 1.04. The molecule has 0 radical (unpaired) electrons. The molecule has 7 heteroatoms. The zero-order valence-corrected chi connectivity index (χ0v) is 9.63. The first kappa shape index (κ1) is 12.9. The second kappa shape index (κ2) is 5.27. The van der Waals surface area contributed by atoms with Crippen LogP contribution >= 0.6 is 12.4 Å². The summed E-state index contributed by atoms with van der Waals surface area (Å²) in [5.74, 6) is 0.264. The number of alkyl halides is 1. The fourth-order valence-corrected chi connectivity index (χ4v) is 1.59. The molecular weight excluding hydrogens is 235 g/mol. The van der Waals surface area contributed by atoms with Gasteiger partial charge in [-0.15, -0.1) is 12.4 Å². The molecule has 16 heavy (non-hydrogen) atoms. The zero-order valence-electron chi connectivity index (χ0n) is 8.81. The Hall–Kier alpha value is -1.14. The Morgan fingerprint density at radius 3 is 3.00 bits per heavy atom. The van der Waals surface area contributed by atoms with Gasteiger partial charge in [0.05, 0.1) is 6.04 Å². The highest BCUT2D eigenvalue weighted by Crippen LogP contribution is 2.11. The summed E-state index contributed by atoms with van der Waals surface area (Å²) in [5, 5.41) is 9.44. The predicted octanol–water partition coefficient (Wildman–Crippen LogP) is 0.480. The molecule has 1 amide bonds. The first-order valence-electron chi connectivity index (χ1n) is 4.83. The van der Waals surface area contributed by atoms with Crippen molar-refractivity contribution in [2.45, 2.75) is 18.6 Å². The van der Waals surface area contributed by atoms with Gasteiger partial charge in [0, 0.05) is 32.3 Å². The van der Waals surface area contributed by atoms with Gasteiger partial charge >= 0.3 is 0 Å². The highest BCUT2D eigenvalue weighted by atomic mass is 35.5. The molecule has 0 aliphatic carbocycles. The van der Waals surface area contributed by atoms with E-state index in [0.717, 1.165) is 0 Å². The summed E-state index contributed by atoms with van der Waals surface area (Å²) in [6.45, 7) is 0.250. The van der Waals surface area contributed by atoms with E-state index in [-0.39, 0.29) is 31.3 Å². The number of aryl methyl sites for hydroxylation is 1. The third kappa shape index (κ3) is 2.93. The smallest absolute Gasteiger partial charge is 0.242 e. The number of nitrogens with zero attached hydrogens (tertiary/aromatic N) is 2. The summed E-state index contributed by atoms with van der Waals surface area (Å²) in [7, 11) is 1.76. The van der Waals surface area contributed by atoms with Gasteiger partial charge in [0.25, 0.3) is 0 Å². The monoisotopic (exact) mass is 248 g/mol. The molecule has 1 aromatic heterocycles. The van der Waals surface area contributed by atoms with E-state index in [4.69, 9.17) is 0 Å². The number of halogens is 2. The van der Waals surface area contributed by atoms with E-state index in [1.165, 1.54) is 0 Å². The van der Waals surface area contributed by atoms with E-state index in [9.17, 15) is 9.18 Å². The predicted molar refractivity (Wildman–Crippen MR) is 60.4 cm³/mol. The summed E-state index contributed by atoms with van der Waals surface area (Å²) >= 11 is 0. The van der Waals surface area contributed by atoms with E-state index >= 15 is 0 Å². The highest BCUT2D eigenvalue weighted by molar-refractivity contribution is 5.94. The van der Waals surface area contributed by atoms with Gasteiger partial charge in [0.1, 0.15) is 6.17 Å². The van der Waals surface area contributed by atoms with Crippen LogP contribution in [-0.4, -0.2) is 34.4 Å². The number of amides is 1. The molecule has 2 atom stereocenters. The lowest BCUT2D eigenvalue weighted by Crippen LogP contribution is -2.35. The highest BCUT2D eigenvalue weighted by Gasteiger charge is 2.29. The summed E-state index contributed by atoms with van der Waals surface area (Å²) in [6, 6.07) is 1.25. The Labute approximate surface area is 98.8 Å². The number of anilines is 1. The Kier molecular flexibility index (Phi) is 4.26. The molecule has 1 aromatic rings. The molecule has 0 spiro atoms. The van der Waals surface area contributed by atoms with Crippen LogP contribution < -0.4 is 10.6 Å². The average Bonchev–Trinajstić information content (AvgIpc) is 2.75. The van der Waals surface area contributed by atoms with Crippen molar-refractivity contribution in [3.63, 3.8) is 0 Å². The van der Waals surface area contributed by atoms with Crippen LogP contribution in [0.5, 0.6) is 0 Å². The van der Waals surface area contributed by atoms with Crippen LogP contribution in [0, 0.1) is 0 Å². The van der Waals surface area contributed by atoms with Gasteiger partial charge in [-0.05, 0) is 0 Å². The quantitative estimate of drug-likeness (QED) is 0.801. The van der Waals surface area contributed by atoms with E-state index in [2.05, 4.69) is 15.7 Å². The van der Waals surface area contributed by atoms with Crippen molar-refractivity contribution in [1.29, 1.82) is 0 Å². The molecule has 0 unspecified atom stereocenters. The van der Waals surface area contributed by atoms with Crippen molar-refractivity contribution in [2.24, 2.45) is 7.05 Å². The van der Waals surface area contributed by atoms with Crippen molar-refractivity contribution < 1.29 is 9.18 Å². The third-order valence-electron chi connectivity index (χ3n) is 2.36. The fourth-order valence-electron chi connectivity index (χ4n) is 1.59. The summed E-state index contributed by atoms with van der Waals surface area (Å²) < 4.78 is 14.4. The van der Waals surface area contributed by atoms with E-state index in [1.54, 1.807) is 24.0 Å². The van der Waals surface area contributed by atoms with Gasteiger partial charge in [-0.2, -0.15) is 5.10 Å². The zero-order chi connectivity index (χ0) is 10.8. The molecule has 1 fully saturated rings. The second-order valence-electron chi connectivity index (χ2n) is 3.66. The third-order valence-corrected chi connectivity index (χ3v) is 2.36. The van der Waals surface area contributed by atoms with Crippen molar-refractivity contribution in [3.8, 4) is 0 Å². The van der Waals surface area contributed by atoms with Gasteiger partial charge in [0.15, 0.2) is 5.82 Å². The van der Waals surface area contributed by atoms with Crippen LogP contribution in [0.25, 0.3) is 0 Å². The van der Waals surface area contributed by atoms with Crippen LogP contribution in [0.1, 0.15) is 6.42 Å². The van der Waals surface area contributed by atoms with Crippen LogP contribution in [0.15, 0.2) is 12.3 Å². The average molecular weight is 249 g/mol. The number of rotatable bonds is 2. The van der Waals surface area contributed by atoms with Gasteiger partial charge < -0.3 is 10.6 Å². The molecule has 0 bridgehead atoms. The Bertz CT molecular complexity index is 370. The molecule has 2 rings (SSSR count). The van der Waals surface area contributed by atoms with E-state index in [0.29, 0.717) is 5.82 Å². The maximum Gasteiger partial charge on any atom is 0.242 e. The number of hydrogen-bond donors (Lipinski definition) is 2. The summed E-state index contributed by atoms with van der Waals surface area (Å²) in [4.78, 5) is 11.6. The summed E-state index contributed by atoms with van der Waals surface area (Å²) in [5.41, 5.74) is 0. The lowest BCUT2D eigenvalue weighted by molar-refractivity contribution is -0.117. The van der Waals surface area contributed by atoms with Crippen molar-refractivity contribution in [1.82, 2.24) is 15.1 Å². The topological polar surface area (TPSA) is 59.0 Å². The lowest BCUT2D eigenvalue weighted by atomic mass is 10.2. The standard InChI is InChI=1S/C9H13FN4O.ClH/c1-14-3-2-8(13-14)12-9(15)7-4-6(10)5-11-7;/h2-3,6-7,11H,4-5H2,1H3,(H,12,13,15);1H/t6-,7+;/m0./s1. The first-order chi connectivity index (χ1) is 7.15. The molecule has 2 N–H and O–H groups in total. The molecular formula is C9H14ClFN4O. The van der Waals surface area contributed by atoms with Gasteiger partial charge in [-0.3, -0.25) is 9.48 Å². The van der Waals surface area contributed by atoms with Crippen LogP contribution in [-0.2, 0) is 11.8 Å². The number of hydrogen-bond acceptors (Lipinski definition) is 3. The molecule has 90 valence electrons. The second-order valence-corrected chi connectivity index (χ2v) is 3.66. The maximum atomic E-state index is 12.8. The van der Waals surface area contributed by atoms with Crippen LogP contribution in [0.2, 0.25) is 0 Å². The van der Waals surface area contributed by atoms with Crippen LogP contribution in [0.3, 0.4) is 0 Å². The fraction of sp³-hybridized carbons (Fsp3) is 0.556. The molecule has 0 saturated carbocycles. The van der Waals surface area contributed by atoms with E-state index in [1.807, 2.05) is 0 Å².